The van der Waals surface area contributed by atoms with E-state index in [1.54, 1.807) is 11.8 Å². The smallest absolute Gasteiger partial charge is 0.226 e. The summed E-state index contributed by atoms with van der Waals surface area (Å²) in [4.78, 5) is 9.34. The van der Waals surface area contributed by atoms with Gasteiger partial charge in [-0.2, -0.15) is 0 Å². The summed E-state index contributed by atoms with van der Waals surface area (Å²) in [7, 11) is 2.04. The van der Waals surface area contributed by atoms with Crippen LogP contribution in [0.5, 0.6) is 0 Å². The second-order valence-electron chi connectivity index (χ2n) is 5.62. The van der Waals surface area contributed by atoms with Crippen molar-refractivity contribution in [3.05, 3.63) is 66.1 Å². The monoisotopic (exact) mass is 335 g/mol. The van der Waals surface area contributed by atoms with Gasteiger partial charge in [-0.3, -0.25) is 0 Å². The van der Waals surface area contributed by atoms with Crippen LogP contribution >= 0.6 is 11.8 Å². The van der Waals surface area contributed by atoms with Crippen LogP contribution in [0.1, 0.15) is 11.5 Å². The number of rotatable bonds is 4. The van der Waals surface area contributed by atoms with E-state index in [0.717, 1.165) is 39.0 Å². The second-order valence-corrected chi connectivity index (χ2v) is 6.56. The van der Waals surface area contributed by atoms with Crippen molar-refractivity contribution in [3.8, 4) is 11.5 Å². The van der Waals surface area contributed by atoms with Gasteiger partial charge in [-0.1, -0.05) is 42.1 Å². The summed E-state index contributed by atoms with van der Waals surface area (Å²) < 4.78 is 7.95. The van der Waals surface area contributed by atoms with Crippen LogP contribution in [0.2, 0.25) is 0 Å². The minimum absolute atomic E-state index is 0.675. The summed E-state index contributed by atoms with van der Waals surface area (Å²) in [6.07, 6.45) is 0. The predicted octanol–water partition coefficient (Wildman–Crippen LogP) is 4.83. The van der Waals surface area contributed by atoms with E-state index in [2.05, 4.69) is 20.6 Å². The number of imidazole rings is 1. The van der Waals surface area contributed by atoms with Crippen LogP contribution in [0.15, 0.2) is 64.2 Å². The zero-order valence-electron chi connectivity index (χ0n) is 13.6. The molecule has 0 aliphatic rings. The molecular weight excluding hydrogens is 318 g/mol. The van der Waals surface area contributed by atoms with E-state index in [4.69, 9.17) is 4.42 Å². The lowest BCUT2D eigenvalue weighted by Gasteiger charge is -2.00. The zero-order valence-corrected chi connectivity index (χ0v) is 14.4. The highest BCUT2D eigenvalue weighted by Crippen LogP contribution is 2.28. The van der Waals surface area contributed by atoms with E-state index >= 15 is 0 Å². The van der Waals surface area contributed by atoms with E-state index in [9.17, 15) is 0 Å². The number of nitrogens with zero attached hydrogens (tertiary/aromatic N) is 3. The van der Waals surface area contributed by atoms with Crippen LogP contribution in [-0.2, 0) is 12.8 Å². The Balaban J connectivity index is 1.57. The Kier molecular flexibility index (Phi) is 3.86. The molecule has 4 aromatic rings. The maximum atomic E-state index is 5.83. The largest absolute Gasteiger partial charge is 0.441 e. The topological polar surface area (TPSA) is 43.9 Å². The average Bonchev–Trinajstić information content (AvgIpc) is 3.15. The van der Waals surface area contributed by atoms with Gasteiger partial charge in [0.1, 0.15) is 5.76 Å². The zero-order chi connectivity index (χ0) is 16.5. The first-order valence-corrected chi connectivity index (χ1v) is 8.77. The van der Waals surface area contributed by atoms with Crippen molar-refractivity contribution < 1.29 is 4.42 Å². The molecule has 0 bridgehead atoms. The van der Waals surface area contributed by atoms with Crippen LogP contribution in [-0.4, -0.2) is 14.5 Å². The number of hydrogen-bond acceptors (Lipinski definition) is 4. The third kappa shape index (κ3) is 2.71. The third-order valence-corrected chi connectivity index (χ3v) is 5.04. The van der Waals surface area contributed by atoms with Crippen LogP contribution in [0, 0.1) is 6.92 Å². The molecule has 2 heterocycles. The van der Waals surface area contributed by atoms with Crippen molar-refractivity contribution in [2.24, 2.45) is 7.05 Å². The van der Waals surface area contributed by atoms with Crippen LogP contribution in [0.4, 0.5) is 0 Å². The Morgan fingerprint density at radius 3 is 2.54 bits per heavy atom. The highest BCUT2D eigenvalue weighted by molar-refractivity contribution is 7.98. The van der Waals surface area contributed by atoms with Crippen molar-refractivity contribution in [2.45, 2.75) is 17.8 Å². The molecule has 0 aliphatic heterocycles. The third-order valence-electron chi connectivity index (χ3n) is 4.00. The Morgan fingerprint density at radius 2 is 1.75 bits per heavy atom. The number of para-hydroxylation sites is 2. The number of oxazole rings is 1. The van der Waals surface area contributed by atoms with Gasteiger partial charge in [-0.25, -0.2) is 9.97 Å². The van der Waals surface area contributed by atoms with Gasteiger partial charge < -0.3 is 8.98 Å². The quantitative estimate of drug-likeness (QED) is 0.501. The predicted molar refractivity (Wildman–Crippen MR) is 97.0 cm³/mol. The molecule has 0 saturated heterocycles. The molecule has 24 heavy (non-hydrogen) atoms. The van der Waals surface area contributed by atoms with Gasteiger partial charge in [0.2, 0.25) is 5.89 Å². The fourth-order valence-electron chi connectivity index (χ4n) is 2.65. The van der Waals surface area contributed by atoms with Crippen molar-refractivity contribution >= 4 is 22.8 Å². The van der Waals surface area contributed by atoms with Crippen molar-refractivity contribution in [2.75, 3.05) is 0 Å². The van der Waals surface area contributed by atoms with Gasteiger partial charge in [-0.15, -0.1) is 0 Å². The molecule has 0 fully saturated rings. The maximum absolute atomic E-state index is 5.83. The minimum atomic E-state index is 0.675. The first kappa shape index (κ1) is 15.0. The van der Waals surface area contributed by atoms with Crippen LogP contribution in [0.3, 0.4) is 0 Å². The summed E-state index contributed by atoms with van der Waals surface area (Å²) in [5.41, 5.74) is 4.12. The molecule has 0 N–H and O–H groups in total. The number of aryl methyl sites for hydroxylation is 2. The summed E-state index contributed by atoms with van der Waals surface area (Å²) in [6.45, 7) is 1.96. The lowest BCUT2D eigenvalue weighted by molar-refractivity contribution is 0.540. The highest BCUT2D eigenvalue weighted by Gasteiger charge is 2.14. The van der Waals surface area contributed by atoms with Crippen molar-refractivity contribution in [1.29, 1.82) is 0 Å². The van der Waals surface area contributed by atoms with E-state index in [1.807, 2.05) is 62.5 Å². The molecule has 0 aliphatic carbocycles. The van der Waals surface area contributed by atoms with E-state index in [1.165, 1.54) is 0 Å². The minimum Gasteiger partial charge on any atom is -0.441 e. The van der Waals surface area contributed by atoms with Gasteiger partial charge in [0.15, 0.2) is 5.16 Å². The Labute approximate surface area is 144 Å². The molecule has 4 nitrogen and oxygen atoms in total. The van der Waals surface area contributed by atoms with Crippen LogP contribution < -0.4 is 0 Å². The molecule has 4 rings (SSSR count). The molecule has 0 unspecified atom stereocenters. The SMILES string of the molecule is Cc1oc(-c2ccccc2)nc1CSc1nc2ccccc2n1C. The normalized spacial score (nSPS) is 11.2. The summed E-state index contributed by atoms with van der Waals surface area (Å²) in [5, 5.41) is 0.986. The molecule has 0 saturated carbocycles. The molecule has 2 aromatic carbocycles. The first-order valence-electron chi connectivity index (χ1n) is 7.78. The summed E-state index contributed by atoms with van der Waals surface area (Å²) in [5.74, 6) is 2.27. The number of thioether (sulfide) groups is 1. The fraction of sp³-hybridized carbons (Fsp3) is 0.158. The first-order chi connectivity index (χ1) is 11.7. The lowest BCUT2D eigenvalue weighted by Crippen LogP contribution is -1.92. The second kappa shape index (κ2) is 6.17. The number of benzene rings is 2. The lowest BCUT2D eigenvalue weighted by atomic mass is 10.2. The van der Waals surface area contributed by atoms with Crippen molar-refractivity contribution in [1.82, 2.24) is 14.5 Å². The molecule has 0 spiro atoms. The number of aromatic nitrogens is 3. The Morgan fingerprint density at radius 1 is 1.00 bits per heavy atom. The fourth-order valence-corrected chi connectivity index (χ4v) is 3.64. The molecule has 0 atom stereocenters. The van der Waals surface area contributed by atoms with E-state index in [-0.39, 0.29) is 0 Å². The number of hydrogen-bond donors (Lipinski definition) is 0. The highest BCUT2D eigenvalue weighted by atomic mass is 32.2. The molecule has 0 amide bonds. The standard InChI is InChI=1S/C19H17N3OS/c1-13-16(20-18(23-13)14-8-4-3-5-9-14)12-24-19-21-15-10-6-7-11-17(15)22(19)2/h3-11H,12H2,1-2H3. The van der Waals surface area contributed by atoms with Gasteiger partial charge in [0.05, 0.1) is 16.7 Å². The van der Waals surface area contributed by atoms with Gasteiger partial charge in [0.25, 0.3) is 0 Å². The Hall–Kier alpha value is -2.53. The molecule has 2 aromatic heterocycles. The summed E-state index contributed by atoms with van der Waals surface area (Å²) in [6, 6.07) is 18.1. The Bertz CT molecular complexity index is 988. The van der Waals surface area contributed by atoms with Crippen molar-refractivity contribution in [3.63, 3.8) is 0 Å². The molecule has 0 radical (unpaired) electrons. The summed E-state index contributed by atoms with van der Waals surface area (Å²) >= 11 is 1.68. The molecule has 120 valence electrons. The van der Waals surface area contributed by atoms with Crippen LogP contribution in [0.25, 0.3) is 22.5 Å². The van der Waals surface area contributed by atoms with E-state index in [0.29, 0.717) is 5.89 Å². The van der Waals surface area contributed by atoms with Gasteiger partial charge in [-0.05, 0) is 31.2 Å². The van der Waals surface area contributed by atoms with E-state index < -0.39 is 0 Å². The maximum Gasteiger partial charge on any atom is 0.226 e. The molecule has 5 heteroatoms. The average molecular weight is 335 g/mol. The van der Waals surface area contributed by atoms with Gasteiger partial charge in [0, 0.05) is 18.4 Å². The van der Waals surface area contributed by atoms with Gasteiger partial charge >= 0.3 is 0 Å². The molecular formula is C19H17N3OS. The number of fused-ring (bicyclic) bond motifs is 1.